The maximum Gasteiger partial charge on any atom is 0.231 e. The number of anilines is 3. The lowest BCUT2D eigenvalue weighted by molar-refractivity contribution is 0.0398. The van der Waals surface area contributed by atoms with Gasteiger partial charge in [0.1, 0.15) is 5.82 Å². The number of morpholine rings is 1. The molecule has 0 radical (unpaired) electrons. The summed E-state index contributed by atoms with van der Waals surface area (Å²) in [5.41, 5.74) is 1.76. The van der Waals surface area contributed by atoms with Crippen LogP contribution in [-0.4, -0.2) is 61.1 Å². The SMILES string of the molecule is Cc1cc(NCCN2CCOCC2)nc(Nc2ccc3c(c2)OCO3)n1. The summed E-state index contributed by atoms with van der Waals surface area (Å²) in [6, 6.07) is 7.64. The normalized spacial score (nSPS) is 16.5. The van der Waals surface area contributed by atoms with Crippen molar-refractivity contribution in [3.8, 4) is 11.5 Å². The number of aromatic nitrogens is 2. The molecule has 2 N–H and O–H groups in total. The molecular formula is C18H23N5O3. The number of ether oxygens (including phenoxy) is 3. The van der Waals surface area contributed by atoms with Gasteiger partial charge in [0.15, 0.2) is 11.5 Å². The Morgan fingerprint density at radius 2 is 1.92 bits per heavy atom. The summed E-state index contributed by atoms with van der Waals surface area (Å²) in [6.07, 6.45) is 0. The average Bonchev–Trinajstić information content (AvgIpc) is 3.10. The van der Waals surface area contributed by atoms with Crippen molar-refractivity contribution >= 4 is 17.5 Å². The molecule has 138 valence electrons. The van der Waals surface area contributed by atoms with E-state index < -0.39 is 0 Å². The molecule has 4 rings (SSSR count). The standard InChI is InChI=1S/C18H23N5O3/c1-13-10-17(19-4-5-23-6-8-24-9-7-23)22-18(20-13)21-14-2-3-15-16(11-14)26-12-25-15/h2-3,10-11H,4-9,12H2,1H3,(H2,19,20,21,22). The zero-order chi connectivity index (χ0) is 17.8. The Morgan fingerprint density at radius 3 is 2.81 bits per heavy atom. The van der Waals surface area contributed by atoms with Gasteiger partial charge < -0.3 is 24.8 Å². The lowest BCUT2D eigenvalue weighted by Crippen LogP contribution is -2.39. The monoisotopic (exact) mass is 357 g/mol. The largest absolute Gasteiger partial charge is 0.454 e. The van der Waals surface area contributed by atoms with Crippen LogP contribution in [-0.2, 0) is 4.74 Å². The highest BCUT2D eigenvalue weighted by atomic mass is 16.7. The number of fused-ring (bicyclic) bond motifs is 1. The van der Waals surface area contributed by atoms with Crippen molar-refractivity contribution in [2.24, 2.45) is 0 Å². The van der Waals surface area contributed by atoms with Crippen LogP contribution in [0.3, 0.4) is 0 Å². The fourth-order valence-corrected chi connectivity index (χ4v) is 2.99. The van der Waals surface area contributed by atoms with Gasteiger partial charge in [-0.05, 0) is 19.1 Å². The molecule has 2 aliphatic heterocycles. The molecule has 26 heavy (non-hydrogen) atoms. The van der Waals surface area contributed by atoms with Crippen LogP contribution >= 0.6 is 0 Å². The zero-order valence-corrected chi connectivity index (χ0v) is 14.8. The number of nitrogens with zero attached hydrogens (tertiary/aromatic N) is 3. The number of aryl methyl sites for hydroxylation is 1. The second kappa shape index (κ2) is 7.76. The van der Waals surface area contributed by atoms with Crippen LogP contribution in [0.15, 0.2) is 24.3 Å². The van der Waals surface area contributed by atoms with Crippen LogP contribution in [0.5, 0.6) is 11.5 Å². The summed E-state index contributed by atoms with van der Waals surface area (Å²) in [7, 11) is 0. The van der Waals surface area contributed by atoms with Gasteiger partial charge in [0.25, 0.3) is 0 Å². The van der Waals surface area contributed by atoms with Crippen LogP contribution in [0.25, 0.3) is 0 Å². The highest BCUT2D eigenvalue weighted by Crippen LogP contribution is 2.34. The summed E-state index contributed by atoms with van der Waals surface area (Å²) < 4.78 is 16.1. The average molecular weight is 357 g/mol. The van der Waals surface area contributed by atoms with Gasteiger partial charge in [-0.2, -0.15) is 4.98 Å². The Balaban J connectivity index is 1.37. The van der Waals surface area contributed by atoms with Crippen LogP contribution in [0.2, 0.25) is 0 Å². The van der Waals surface area contributed by atoms with E-state index in [1.54, 1.807) is 0 Å². The van der Waals surface area contributed by atoms with E-state index >= 15 is 0 Å². The van der Waals surface area contributed by atoms with Crippen molar-refractivity contribution in [1.82, 2.24) is 14.9 Å². The van der Waals surface area contributed by atoms with Gasteiger partial charge in [-0.1, -0.05) is 0 Å². The van der Waals surface area contributed by atoms with Crippen LogP contribution < -0.4 is 20.1 Å². The van der Waals surface area contributed by atoms with E-state index in [1.807, 2.05) is 31.2 Å². The molecule has 0 bridgehead atoms. The summed E-state index contributed by atoms with van der Waals surface area (Å²) in [5, 5.41) is 6.61. The summed E-state index contributed by atoms with van der Waals surface area (Å²) in [6.45, 7) is 7.63. The van der Waals surface area contributed by atoms with Crippen molar-refractivity contribution in [3.63, 3.8) is 0 Å². The highest BCUT2D eigenvalue weighted by molar-refractivity contribution is 5.61. The maximum atomic E-state index is 5.41. The topological polar surface area (TPSA) is 80.8 Å². The molecule has 0 spiro atoms. The molecule has 1 aromatic carbocycles. The van der Waals surface area contributed by atoms with Gasteiger partial charge in [-0.3, -0.25) is 4.90 Å². The minimum atomic E-state index is 0.261. The van der Waals surface area contributed by atoms with Gasteiger partial charge in [0.2, 0.25) is 12.7 Å². The molecule has 0 atom stereocenters. The van der Waals surface area contributed by atoms with Crippen LogP contribution in [0.4, 0.5) is 17.5 Å². The Kier molecular flexibility index (Phi) is 5.03. The van der Waals surface area contributed by atoms with Crippen molar-refractivity contribution in [2.45, 2.75) is 6.92 Å². The minimum Gasteiger partial charge on any atom is -0.454 e. The number of hydrogen-bond acceptors (Lipinski definition) is 8. The Hall–Kier alpha value is -2.58. The Bertz CT molecular complexity index is 764. The number of benzene rings is 1. The van der Waals surface area contributed by atoms with E-state index in [4.69, 9.17) is 14.2 Å². The first kappa shape index (κ1) is 16.9. The van der Waals surface area contributed by atoms with Crippen molar-refractivity contribution in [2.75, 3.05) is 56.8 Å². The highest BCUT2D eigenvalue weighted by Gasteiger charge is 2.14. The number of hydrogen-bond donors (Lipinski definition) is 2. The third-order valence-electron chi connectivity index (χ3n) is 4.32. The van der Waals surface area contributed by atoms with E-state index in [1.165, 1.54) is 0 Å². The summed E-state index contributed by atoms with van der Waals surface area (Å²) in [4.78, 5) is 11.4. The maximum absolute atomic E-state index is 5.41. The van der Waals surface area contributed by atoms with Crippen molar-refractivity contribution < 1.29 is 14.2 Å². The van der Waals surface area contributed by atoms with Crippen molar-refractivity contribution in [1.29, 1.82) is 0 Å². The van der Waals surface area contributed by atoms with E-state index in [2.05, 4.69) is 25.5 Å². The molecule has 1 fully saturated rings. The molecule has 2 aromatic rings. The zero-order valence-electron chi connectivity index (χ0n) is 14.8. The second-order valence-electron chi connectivity index (χ2n) is 6.29. The van der Waals surface area contributed by atoms with E-state index in [0.29, 0.717) is 5.95 Å². The molecule has 8 heteroatoms. The molecule has 3 heterocycles. The summed E-state index contributed by atoms with van der Waals surface area (Å²) in [5.74, 6) is 2.85. The first-order valence-corrected chi connectivity index (χ1v) is 8.82. The smallest absolute Gasteiger partial charge is 0.231 e. The van der Waals surface area contributed by atoms with Gasteiger partial charge in [-0.15, -0.1) is 0 Å². The molecule has 1 aromatic heterocycles. The molecule has 8 nitrogen and oxygen atoms in total. The van der Waals surface area contributed by atoms with E-state index in [9.17, 15) is 0 Å². The van der Waals surface area contributed by atoms with Gasteiger partial charge >= 0.3 is 0 Å². The molecule has 0 amide bonds. The Labute approximate surface area is 152 Å². The molecule has 0 aliphatic carbocycles. The van der Waals surface area contributed by atoms with Crippen LogP contribution in [0.1, 0.15) is 5.69 Å². The molecule has 1 saturated heterocycles. The molecule has 0 saturated carbocycles. The predicted octanol–water partition coefficient (Wildman–Crippen LogP) is 2.00. The van der Waals surface area contributed by atoms with Gasteiger partial charge in [0, 0.05) is 49.7 Å². The molecule has 0 unspecified atom stereocenters. The number of nitrogens with one attached hydrogen (secondary N) is 2. The van der Waals surface area contributed by atoms with Gasteiger partial charge in [0.05, 0.1) is 13.2 Å². The predicted molar refractivity (Wildman–Crippen MR) is 98.4 cm³/mol. The first-order valence-electron chi connectivity index (χ1n) is 8.82. The Morgan fingerprint density at radius 1 is 1.08 bits per heavy atom. The lowest BCUT2D eigenvalue weighted by Gasteiger charge is -2.26. The quantitative estimate of drug-likeness (QED) is 0.813. The van der Waals surface area contributed by atoms with E-state index in [0.717, 1.165) is 68.1 Å². The third-order valence-corrected chi connectivity index (χ3v) is 4.32. The van der Waals surface area contributed by atoms with Crippen LogP contribution in [0, 0.1) is 6.92 Å². The lowest BCUT2D eigenvalue weighted by atomic mass is 10.3. The molecular weight excluding hydrogens is 334 g/mol. The fraction of sp³-hybridized carbons (Fsp3) is 0.444. The first-order chi connectivity index (χ1) is 12.8. The fourth-order valence-electron chi connectivity index (χ4n) is 2.99. The summed E-state index contributed by atoms with van der Waals surface area (Å²) >= 11 is 0. The second-order valence-corrected chi connectivity index (χ2v) is 6.29. The number of rotatable bonds is 6. The minimum absolute atomic E-state index is 0.261. The van der Waals surface area contributed by atoms with Crippen molar-refractivity contribution in [3.05, 3.63) is 30.0 Å². The third kappa shape index (κ3) is 4.14. The molecule has 2 aliphatic rings. The van der Waals surface area contributed by atoms with Gasteiger partial charge in [-0.25, -0.2) is 4.98 Å². The van der Waals surface area contributed by atoms with E-state index in [-0.39, 0.29) is 6.79 Å².